The zero-order valence-corrected chi connectivity index (χ0v) is 55.1. The first-order valence-electron chi connectivity index (χ1n) is 31.3. The molecule has 0 unspecified atom stereocenters. The molecule has 0 heterocycles. The Morgan fingerprint density at radius 1 is 0.433 bits per heavy atom. The zero-order chi connectivity index (χ0) is 73.8. The maximum atomic E-state index is 14.4. The maximum absolute atomic E-state index is 14.4. The van der Waals surface area contributed by atoms with Gasteiger partial charge in [-0.15, -0.1) is 0 Å². The number of amides is 15. The summed E-state index contributed by atoms with van der Waals surface area (Å²) in [6, 6.07) is -14.3. The topological polar surface area (TPSA) is 649 Å². The fourth-order valence-corrected chi connectivity index (χ4v) is 9.08. The molecule has 0 radical (unpaired) electrons. The van der Waals surface area contributed by atoms with E-state index in [0.717, 1.165) is 20.8 Å². The highest BCUT2D eigenvalue weighted by Crippen LogP contribution is 2.15. The molecule has 0 aliphatic heterocycles. The molecule has 14 atom stereocenters. The predicted octanol–water partition coefficient (Wildman–Crippen LogP) is -9.03. The highest BCUT2D eigenvalue weighted by Gasteiger charge is 2.38. The van der Waals surface area contributed by atoms with Gasteiger partial charge in [-0.3, -0.25) is 76.7 Å². The summed E-state index contributed by atoms with van der Waals surface area (Å²) in [5.41, 5.74) is 27.7. The van der Waals surface area contributed by atoms with Gasteiger partial charge in [0, 0.05) is 26.2 Å². The molecule has 1 aromatic rings. The lowest BCUT2D eigenvalue weighted by Crippen LogP contribution is -2.62. The number of nitrogens with two attached hydrogens (primary N) is 5. The van der Waals surface area contributed by atoms with Gasteiger partial charge in [0.25, 0.3) is 0 Å². The number of hydrogen-bond acceptors (Lipinski definition) is 22. The van der Waals surface area contributed by atoms with Gasteiger partial charge < -0.3 is 118 Å². The summed E-state index contributed by atoms with van der Waals surface area (Å²) < 4.78 is 0. The largest absolute Gasteiger partial charge is 0.508 e. The Morgan fingerprint density at radius 2 is 0.814 bits per heavy atom. The molecule has 0 aromatic heterocycles. The highest BCUT2D eigenvalue weighted by molar-refractivity contribution is 6.00. The lowest BCUT2D eigenvalue weighted by atomic mass is 9.97. The van der Waals surface area contributed by atoms with Gasteiger partial charge in [0.1, 0.15) is 78.3 Å². The molecule has 1 rings (SSSR count). The van der Waals surface area contributed by atoms with Crippen LogP contribution in [0.4, 0.5) is 0 Å². The molecule has 1 aromatic carbocycles. The molecule has 0 saturated carbocycles. The summed E-state index contributed by atoms with van der Waals surface area (Å²) in [6.45, 7) is 5.93. The molecule has 0 saturated heterocycles. The molecule has 38 nitrogen and oxygen atoms in total. The number of benzene rings is 1. The molecule has 15 amide bonds. The van der Waals surface area contributed by atoms with Gasteiger partial charge in [-0.1, -0.05) is 32.4 Å². The molecule has 38 heteroatoms. The first-order valence-corrected chi connectivity index (χ1v) is 31.3. The normalized spacial score (nSPS) is 15.3. The van der Waals surface area contributed by atoms with Crippen LogP contribution in [0.25, 0.3) is 0 Å². The number of aromatic hydroxyl groups is 1. The Kier molecular flexibility index (Phi) is 38.8. The smallest absolute Gasteiger partial charge is 0.303 e. The average molecular weight is 1380 g/mol. The van der Waals surface area contributed by atoms with Crippen LogP contribution in [0.5, 0.6) is 5.75 Å². The van der Waals surface area contributed by atoms with Crippen LogP contribution in [-0.2, 0) is 83.1 Å². The van der Waals surface area contributed by atoms with Crippen molar-refractivity contribution in [2.24, 2.45) is 34.6 Å². The van der Waals surface area contributed by atoms with Gasteiger partial charge in [-0.25, -0.2) is 0 Å². The van der Waals surface area contributed by atoms with E-state index in [-0.39, 0.29) is 56.5 Å². The molecule has 544 valence electrons. The lowest BCUT2D eigenvalue weighted by molar-refractivity contribution is -0.138. The van der Waals surface area contributed by atoms with Crippen molar-refractivity contribution in [1.82, 2.24) is 63.8 Å². The van der Waals surface area contributed by atoms with E-state index in [4.69, 9.17) is 33.8 Å². The van der Waals surface area contributed by atoms with Crippen LogP contribution in [0, 0.1) is 5.92 Å². The summed E-state index contributed by atoms with van der Waals surface area (Å²) >= 11 is 0. The fourth-order valence-electron chi connectivity index (χ4n) is 9.08. The van der Waals surface area contributed by atoms with Crippen LogP contribution >= 0.6 is 0 Å². The minimum Gasteiger partial charge on any atom is -0.508 e. The van der Waals surface area contributed by atoms with Crippen molar-refractivity contribution in [1.29, 1.82) is 0 Å². The quantitative estimate of drug-likeness (QED) is 0.0270. The second kappa shape index (κ2) is 44.2. The SMILES string of the molecule is CC[C@@H](C)[C@H](NC(=O)[C@H](CCCCN)NC(=O)[C@H](CC(N)=O)NC(=O)[C@H](C)NC(C)=O)C(=O)N[C@@H](CO)C(=O)N[C@@H](Cc1ccc(O)cc1)C(=O)N[C@@H](CCC(N)=O)C(=O)N[C@@H](CO)C(=O)N[C@@H](C)C(=O)N[C@H](CCCCN)C(=O)N[C@@H](C(=O)N[C@H](CCC(=O)O)C(N)=O)[C@@H](C)O. The monoisotopic (exact) mass is 1380 g/mol. The van der Waals surface area contributed by atoms with Crippen molar-refractivity contribution in [3.05, 3.63) is 29.8 Å². The molecule has 0 fully saturated rings. The number of primary amides is 3. The Bertz CT molecular complexity index is 2890. The minimum atomic E-state index is -1.91. The van der Waals surface area contributed by atoms with E-state index in [1.807, 2.05) is 0 Å². The number of carbonyl (C=O) groups is 16. The molecule has 0 spiro atoms. The van der Waals surface area contributed by atoms with Crippen molar-refractivity contribution in [2.45, 2.75) is 204 Å². The molecular formula is C59H97N17O21. The maximum Gasteiger partial charge on any atom is 0.303 e. The summed E-state index contributed by atoms with van der Waals surface area (Å²) in [5.74, 6) is -17.9. The van der Waals surface area contributed by atoms with E-state index >= 15 is 0 Å². The molecule has 0 aliphatic rings. The first kappa shape index (κ1) is 85.4. The number of carboxylic acids is 1. The number of rotatable bonds is 47. The molecular weight excluding hydrogens is 1280 g/mol. The summed E-state index contributed by atoms with van der Waals surface area (Å²) in [4.78, 5) is 210. The Morgan fingerprint density at radius 3 is 1.27 bits per heavy atom. The second-order valence-corrected chi connectivity index (χ2v) is 23.1. The van der Waals surface area contributed by atoms with Crippen LogP contribution < -0.4 is 92.5 Å². The lowest BCUT2D eigenvalue weighted by Gasteiger charge is -2.29. The van der Waals surface area contributed by atoms with Crippen LogP contribution in [0.2, 0.25) is 0 Å². The third-order valence-corrected chi connectivity index (χ3v) is 14.9. The van der Waals surface area contributed by atoms with Crippen molar-refractivity contribution in [3.8, 4) is 5.75 Å². The third-order valence-electron chi connectivity index (χ3n) is 14.9. The van der Waals surface area contributed by atoms with Gasteiger partial charge in [-0.05, 0) is 109 Å². The van der Waals surface area contributed by atoms with Crippen LogP contribution in [0.15, 0.2) is 24.3 Å². The van der Waals surface area contributed by atoms with Crippen molar-refractivity contribution in [3.63, 3.8) is 0 Å². The van der Waals surface area contributed by atoms with Gasteiger partial charge in [-0.2, -0.15) is 0 Å². The number of unbranched alkanes of at least 4 members (excludes halogenated alkanes) is 2. The number of aliphatic hydroxyl groups is 3. The summed E-state index contributed by atoms with van der Waals surface area (Å²) in [5, 5.41) is 78.5. The highest BCUT2D eigenvalue weighted by atomic mass is 16.4. The number of carbonyl (C=O) groups excluding carboxylic acids is 15. The van der Waals surface area contributed by atoms with Crippen LogP contribution in [-0.4, -0.2) is 225 Å². The van der Waals surface area contributed by atoms with E-state index in [2.05, 4.69) is 63.8 Å². The molecule has 97 heavy (non-hydrogen) atoms. The zero-order valence-electron chi connectivity index (χ0n) is 55.1. The second-order valence-electron chi connectivity index (χ2n) is 23.1. The van der Waals surface area contributed by atoms with E-state index < -0.39 is 231 Å². The number of phenolic OH excluding ortho intramolecular Hbond substituents is 1. The average Bonchev–Trinajstić information content (AvgIpc) is 0.886. The number of phenols is 1. The van der Waals surface area contributed by atoms with E-state index in [0.29, 0.717) is 12.8 Å². The third kappa shape index (κ3) is 32.1. The first-order chi connectivity index (χ1) is 45.5. The number of carboxylic acid groups (broad SMARTS) is 1. The Labute approximate surface area is 559 Å². The van der Waals surface area contributed by atoms with Gasteiger partial charge >= 0.3 is 5.97 Å². The number of aliphatic hydroxyl groups excluding tert-OH is 3. The fraction of sp³-hybridized carbons (Fsp3) is 0.627. The standard InChI is InChI=1S/C59H97N17O21/c1-7-28(2)46(75-52(90)37(13-9-11-23-61)69-55(93)40(25-44(63)83)71-49(87)29(3)65-32(6)80)58(96)74-42(27-78)57(95)72-39(24-33-14-16-34(81)17-15-33)54(92)70-38(18-20-43(62)82)51(89)73-41(26-77)56(94)66-30(4)50(88)68-36(12-8-10-22-60)53(91)76-47(31(5)79)59(97)67-35(48(64)86)19-21-45(84)85/h14-17,28-31,35-42,46-47,77-79,81H,7-13,18-27,60-61H2,1-6H3,(H2,62,82)(H2,63,83)(H2,64,86)(H,65,80)(H,66,94)(H,67,97)(H,68,88)(H,69,93)(H,70,92)(H,71,87)(H,72,95)(H,73,89)(H,74,96)(H,75,90)(H,76,91)(H,84,85)/t28-,29+,30+,31-,35-,36-,37+,38+,39+,40+,41+,42+,46+,47-/m1/s1. The van der Waals surface area contributed by atoms with Gasteiger partial charge in [0.15, 0.2) is 0 Å². The van der Waals surface area contributed by atoms with Crippen molar-refractivity contribution < 1.29 is 102 Å². The number of nitrogens with one attached hydrogen (secondary N) is 12. The van der Waals surface area contributed by atoms with Gasteiger partial charge in [0.2, 0.25) is 88.6 Å². The van der Waals surface area contributed by atoms with E-state index in [1.54, 1.807) is 13.8 Å². The molecule has 0 bridgehead atoms. The number of hydrogen-bond donors (Lipinski definition) is 22. The summed E-state index contributed by atoms with van der Waals surface area (Å²) in [7, 11) is 0. The van der Waals surface area contributed by atoms with Crippen LogP contribution in [0.3, 0.4) is 0 Å². The van der Waals surface area contributed by atoms with Crippen molar-refractivity contribution >= 4 is 94.6 Å². The molecule has 27 N–H and O–H groups in total. The Hall–Kier alpha value is -9.66. The Balaban J connectivity index is 3.54. The van der Waals surface area contributed by atoms with E-state index in [9.17, 15) is 97.1 Å². The van der Waals surface area contributed by atoms with Crippen LogP contribution in [0.1, 0.15) is 124 Å². The van der Waals surface area contributed by atoms with Crippen molar-refractivity contribution in [2.75, 3.05) is 26.3 Å². The minimum absolute atomic E-state index is 0.0902. The molecule has 0 aliphatic carbocycles. The van der Waals surface area contributed by atoms with Gasteiger partial charge in [0.05, 0.1) is 25.7 Å². The summed E-state index contributed by atoms with van der Waals surface area (Å²) in [6.07, 6.45) is -3.84. The number of aliphatic carboxylic acids is 1. The van der Waals surface area contributed by atoms with E-state index in [1.165, 1.54) is 31.2 Å². The predicted molar refractivity (Wildman–Crippen MR) is 341 cm³/mol.